The number of hydrogen-bond acceptors (Lipinski definition) is 6. The van der Waals surface area contributed by atoms with Crippen LogP contribution in [-0.4, -0.2) is 44.6 Å². The molecule has 2 atom stereocenters. The van der Waals surface area contributed by atoms with E-state index in [2.05, 4.69) is 0 Å². The molecule has 8 heteroatoms. The van der Waals surface area contributed by atoms with Crippen molar-refractivity contribution in [2.24, 2.45) is 5.41 Å². The van der Waals surface area contributed by atoms with Gasteiger partial charge in [-0.2, -0.15) is 0 Å². The lowest BCUT2D eigenvalue weighted by Crippen LogP contribution is -2.36. The van der Waals surface area contributed by atoms with Crippen LogP contribution in [0.5, 0.6) is 0 Å². The summed E-state index contributed by atoms with van der Waals surface area (Å²) in [6.07, 6.45) is 0. The van der Waals surface area contributed by atoms with Crippen LogP contribution in [-0.2, 0) is 28.9 Å². The standard InChI is InChI=1S/C17H21FO6S/c1-4-23-15(19)17(16(20)24-5-2)13(14(17)25(21,22)6-3)11-7-9-12(18)10-8-11/h7-10,13-14H,4-6H2,1-3H3/t13-,14+/m1/s1. The van der Waals surface area contributed by atoms with Gasteiger partial charge in [0.2, 0.25) is 0 Å². The molecule has 1 aromatic carbocycles. The van der Waals surface area contributed by atoms with Crippen molar-refractivity contribution in [1.82, 2.24) is 0 Å². The predicted octanol–water partition coefficient (Wildman–Crippen LogP) is 1.84. The molecule has 1 aromatic rings. The smallest absolute Gasteiger partial charge is 0.325 e. The van der Waals surface area contributed by atoms with Crippen molar-refractivity contribution < 1.29 is 31.9 Å². The molecule has 1 aliphatic carbocycles. The van der Waals surface area contributed by atoms with Crippen LogP contribution in [0.2, 0.25) is 0 Å². The summed E-state index contributed by atoms with van der Waals surface area (Å²) in [4.78, 5) is 25.2. The average molecular weight is 372 g/mol. The van der Waals surface area contributed by atoms with Crippen LogP contribution < -0.4 is 0 Å². The van der Waals surface area contributed by atoms with E-state index in [1.807, 2.05) is 0 Å². The van der Waals surface area contributed by atoms with Crippen LogP contribution in [0.15, 0.2) is 24.3 Å². The molecule has 0 amide bonds. The molecule has 1 aliphatic rings. The number of rotatable bonds is 7. The maximum Gasteiger partial charge on any atom is 0.325 e. The van der Waals surface area contributed by atoms with Crippen LogP contribution in [0.3, 0.4) is 0 Å². The number of hydrogen-bond donors (Lipinski definition) is 0. The molecule has 2 rings (SSSR count). The zero-order valence-corrected chi connectivity index (χ0v) is 15.1. The molecular formula is C17H21FO6S. The first kappa shape index (κ1) is 19.4. The topological polar surface area (TPSA) is 86.7 Å². The van der Waals surface area contributed by atoms with E-state index in [-0.39, 0.29) is 19.0 Å². The van der Waals surface area contributed by atoms with Crippen molar-refractivity contribution in [1.29, 1.82) is 0 Å². The van der Waals surface area contributed by atoms with Gasteiger partial charge in [0.15, 0.2) is 15.3 Å². The first-order chi connectivity index (χ1) is 11.8. The van der Waals surface area contributed by atoms with E-state index in [1.54, 1.807) is 13.8 Å². The molecule has 25 heavy (non-hydrogen) atoms. The predicted molar refractivity (Wildman–Crippen MR) is 88.1 cm³/mol. The molecule has 0 bridgehead atoms. The van der Waals surface area contributed by atoms with Crippen LogP contribution in [0.4, 0.5) is 4.39 Å². The van der Waals surface area contributed by atoms with Crippen LogP contribution in [0.25, 0.3) is 0 Å². The van der Waals surface area contributed by atoms with Gasteiger partial charge in [0, 0.05) is 11.7 Å². The third-order valence-corrected chi connectivity index (χ3v) is 6.60. The minimum Gasteiger partial charge on any atom is -0.465 e. The first-order valence-electron chi connectivity index (χ1n) is 8.08. The molecule has 0 radical (unpaired) electrons. The quantitative estimate of drug-likeness (QED) is 0.536. The molecule has 0 heterocycles. The van der Waals surface area contributed by atoms with Gasteiger partial charge < -0.3 is 9.47 Å². The first-order valence-corrected chi connectivity index (χ1v) is 9.80. The molecule has 138 valence electrons. The van der Waals surface area contributed by atoms with Gasteiger partial charge in [-0.05, 0) is 31.5 Å². The van der Waals surface area contributed by atoms with E-state index < -0.39 is 44.2 Å². The summed E-state index contributed by atoms with van der Waals surface area (Å²) >= 11 is 0. The maximum absolute atomic E-state index is 13.2. The largest absolute Gasteiger partial charge is 0.465 e. The summed E-state index contributed by atoms with van der Waals surface area (Å²) in [7, 11) is -3.76. The van der Waals surface area contributed by atoms with Gasteiger partial charge in [-0.1, -0.05) is 19.1 Å². The van der Waals surface area contributed by atoms with Gasteiger partial charge in [0.1, 0.15) is 5.82 Å². The average Bonchev–Trinajstić information content (AvgIpc) is 3.28. The number of esters is 2. The highest BCUT2D eigenvalue weighted by Gasteiger charge is 2.81. The molecule has 0 spiro atoms. The Kier molecular flexibility index (Phi) is 5.51. The molecule has 0 aromatic heterocycles. The van der Waals surface area contributed by atoms with Crippen molar-refractivity contribution in [2.45, 2.75) is 31.9 Å². The molecule has 0 N–H and O–H groups in total. The highest BCUT2D eigenvalue weighted by molar-refractivity contribution is 7.92. The monoisotopic (exact) mass is 372 g/mol. The van der Waals surface area contributed by atoms with Crippen LogP contribution in [0, 0.1) is 11.2 Å². The molecule has 1 fully saturated rings. The fourth-order valence-electron chi connectivity index (χ4n) is 3.20. The van der Waals surface area contributed by atoms with E-state index in [0.717, 1.165) is 12.1 Å². The number of halogens is 1. The fourth-order valence-corrected chi connectivity index (χ4v) is 5.18. The van der Waals surface area contributed by atoms with Crippen LogP contribution >= 0.6 is 0 Å². The van der Waals surface area contributed by atoms with Crippen molar-refractivity contribution >= 4 is 21.8 Å². The Balaban J connectivity index is 2.61. The number of carbonyl (C=O) groups excluding carboxylic acids is 2. The molecule has 1 saturated carbocycles. The normalized spacial score (nSPS) is 21.4. The van der Waals surface area contributed by atoms with E-state index in [4.69, 9.17) is 9.47 Å². The molecule has 0 unspecified atom stereocenters. The van der Waals surface area contributed by atoms with Crippen molar-refractivity contribution in [3.63, 3.8) is 0 Å². The lowest BCUT2D eigenvalue weighted by atomic mass is 9.99. The van der Waals surface area contributed by atoms with E-state index >= 15 is 0 Å². The zero-order chi connectivity index (χ0) is 18.8. The third kappa shape index (κ3) is 3.15. The summed E-state index contributed by atoms with van der Waals surface area (Å²) < 4.78 is 48.3. The molecule has 0 saturated heterocycles. The number of carbonyl (C=O) groups is 2. The second-order valence-corrected chi connectivity index (χ2v) is 8.12. The Morgan fingerprint density at radius 1 is 1.04 bits per heavy atom. The summed E-state index contributed by atoms with van der Waals surface area (Å²) in [5.41, 5.74) is -1.57. The molecule has 0 aliphatic heterocycles. The highest BCUT2D eigenvalue weighted by atomic mass is 32.2. The maximum atomic E-state index is 13.2. The number of benzene rings is 1. The Morgan fingerprint density at radius 2 is 1.52 bits per heavy atom. The van der Waals surface area contributed by atoms with Crippen LogP contribution in [0.1, 0.15) is 32.3 Å². The number of sulfone groups is 1. The van der Waals surface area contributed by atoms with Gasteiger partial charge in [-0.3, -0.25) is 9.59 Å². The SMILES string of the molecule is CCOC(=O)C1(C(=O)OCC)[C@H](c2ccc(F)cc2)[C@@H]1S(=O)(=O)CC. The summed E-state index contributed by atoms with van der Waals surface area (Å²) in [5.74, 6) is -3.56. The summed E-state index contributed by atoms with van der Waals surface area (Å²) in [6, 6.07) is 5.06. The van der Waals surface area contributed by atoms with Crippen molar-refractivity contribution in [2.75, 3.05) is 19.0 Å². The van der Waals surface area contributed by atoms with E-state index in [9.17, 15) is 22.4 Å². The van der Waals surface area contributed by atoms with Gasteiger partial charge in [-0.25, -0.2) is 12.8 Å². The van der Waals surface area contributed by atoms with E-state index in [1.165, 1.54) is 19.1 Å². The Labute approximate surface area is 146 Å². The minimum atomic E-state index is -3.76. The van der Waals surface area contributed by atoms with Crippen molar-refractivity contribution in [3.8, 4) is 0 Å². The van der Waals surface area contributed by atoms with Gasteiger partial charge >= 0.3 is 11.9 Å². The Morgan fingerprint density at radius 3 is 1.92 bits per heavy atom. The third-order valence-electron chi connectivity index (χ3n) is 4.38. The summed E-state index contributed by atoms with van der Waals surface area (Å²) in [6.45, 7) is 4.56. The second kappa shape index (κ2) is 7.11. The zero-order valence-electron chi connectivity index (χ0n) is 14.3. The lowest BCUT2D eigenvalue weighted by molar-refractivity contribution is -0.164. The van der Waals surface area contributed by atoms with Gasteiger partial charge in [0.25, 0.3) is 0 Å². The highest BCUT2D eigenvalue weighted by Crippen LogP contribution is 2.64. The number of ether oxygens (including phenoxy) is 2. The van der Waals surface area contributed by atoms with Crippen molar-refractivity contribution in [3.05, 3.63) is 35.6 Å². The fraction of sp³-hybridized carbons (Fsp3) is 0.529. The van der Waals surface area contributed by atoms with Gasteiger partial charge in [-0.15, -0.1) is 0 Å². The lowest BCUT2D eigenvalue weighted by Gasteiger charge is -2.15. The Bertz CT molecular complexity index is 738. The Hall–Kier alpha value is -1.96. The summed E-state index contributed by atoms with van der Waals surface area (Å²) in [5, 5.41) is -1.28. The molecular weight excluding hydrogens is 351 g/mol. The second-order valence-electron chi connectivity index (χ2n) is 5.71. The minimum absolute atomic E-state index is 0.00494. The molecule has 6 nitrogen and oxygen atoms in total. The van der Waals surface area contributed by atoms with Gasteiger partial charge in [0.05, 0.1) is 18.5 Å². The van der Waals surface area contributed by atoms with E-state index in [0.29, 0.717) is 5.56 Å².